The van der Waals surface area contributed by atoms with E-state index in [1.54, 1.807) is 12.1 Å². The van der Waals surface area contributed by atoms with Gasteiger partial charge in [0, 0.05) is 16.6 Å². The second-order valence-corrected chi connectivity index (χ2v) is 6.75. The maximum Gasteiger partial charge on any atom is 0.277 e. The normalized spacial score (nSPS) is 10.6. The summed E-state index contributed by atoms with van der Waals surface area (Å²) in [5, 5.41) is 26.0. The lowest BCUT2D eigenvalue weighted by Crippen LogP contribution is -2.24. The predicted octanol–water partition coefficient (Wildman–Crippen LogP) is 2.73. The largest absolute Gasteiger partial charge is 0.872 e. The van der Waals surface area contributed by atoms with Crippen LogP contribution in [0.3, 0.4) is 0 Å². The number of nitrogens with zero attached hydrogens (tertiary/aromatic N) is 2. The monoisotopic (exact) mass is 500 g/mol. The van der Waals surface area contributed by atoms with Crippen LogP contribution in [0.2, 0.25) is 0 Å². The van der Waals surface area contributed by atoms with E-state index < -0.39 is 16.6 Å². The van der Waals surface area contributed by atoms with Gasteiger partial charge in [-0.2, -0.15) is 5.10 Å². The zero-order valence-corrected chi connectivity index (χ0v) is 16.9. The van der Waals surface area contributed by atoms with Crippen LogP contribution >= 0.6 is 31.9 Å². The van der Waals surface area contributed by atoms with E-state index in [9.17, 15) is 20.0 Å². The number of halogens is 2. The lowest BCUT2D eigenvalue weighted by atomic mass is 10.2. The minimum absolute atomic E-state index is 0.0252. The quantitative estimate of drug-likeness (QED) is 0.353. The van der Waals surface area contributed by atoms with Crippen LogP contribution in [0, 0.1) is 10.1 Å². The lowest BCUT2D eigenvalue weighted by Gasteiger charge is -2.12. The second kappa shape index (κ2) is 9.33. The van der Waals surface area contributed by atoms with Gasteiger partial charge in [-0.15, -0.1) is 0 Å². The molecule has 142 valence electrons. The van der Waals surface area contributed by atoms with Crippen LogP contribution in [-0.4, -0.2) is 30.8 Å². The zero-order valence-electron chi connectivity index (χ0n) is 13.8. The van der Waals surface area contributed by atoms with Crippen molar-refractivity contribution in [1.29, 1.82) is 0 Å². The maximum atomic E-state index is 11.8. The summed E-state index contributed by atoms with van der Waals surface area (Å²) in [6.45, 7) is -0.368. The Labute approximate surface area is 170 Å². The van der Waals surface area contributed by atoms with E-state index in [4.69, 9.17) is 9.47 Å². The summed E-state index contributed by atoms with van der Waals surface area (Å²) in [4.78, 5) is 21.9. The van der Waals surface area contributed by atoms with Crippen molar-refractivity contribution in [2.45, 2.75) is 0 Å². The number of nitrogens with one attached hydrogen (secondary N) is 1. The van der Waals surface area contributed by atoms with E-state index >= 15 is 0 Å². The molecule has 0 aromatic heterocycles. The summed E-state index contributed by atoms with van der Waals surface area (Å²) < 4.78 is 12.0. The van der Waals surface area contributed by atoms with Gasteiger partial charge in [-0.3, -0.25) is 14.9 Å². The summed E-state index contributed by atoms with van der Waals surface area (Å²) in [7, 11) is 1.46. The van der Waals surface area contributed by atoms with Crippen molar-refractivity contribution < 1.29 is 24.3 Å². The maximum absolute atomic E-state index is 11.8. The topological polar surface area (TPSA) is 126 Å². The molecule has 0 unspecified atom stereocenters. The molecule has 0 saturated carbocycles. The van der Waals surface area contributed by atoms with Gasteiger partial charge in [0.05, 0.1) is 22.7 Å². The van der Waals surface area contributed by atoms with E-state index in [1.807, 2.05) is 0 Å². The van der Waals surface area contributed by atoms with Crippen LogP contribution in [-0.2, 0) is 4.79 Å². The minimum Gasteiger partial charge on any atom is -0.872 e. The molecule has 0 saturated heterocycles. The molecule has 1 N–H and O–H groups in total. The number of non-ortho nitro benzene ring substituents is 1. The number of nitro benzene ring substituents is 1. The number of hydrogen-bond donors (Lipinski definition) is 1. The van der Waals surface area contributed by atoms with Crippen molar-refractivity contribution in [3.63, 3.8) is 0 Å². The molecule has 27 heavy (non-hydrogen) atoms. The minimum atomic E-state index is -0.632. The third kappa shape index (κ3) is 5.66. The molecule has 9 nitrogen and oxygen atoms in total. The molecular formula is C16H12Br2N3O6-. The van der Waals surface area contributed by atoms with Crippen molar-refractivity contribution in [2.75, 3.05) is 13.7 Å². The highest BCUT2D eigenvalue weighted by Gasteiger charge is 2.13. The van der Waals surface area contributed by atoms with Gasteiger partial charge >= 0.3 is 0 Å². The fourth-order valence-electron chi connectivity index (χ4n) is 1.92. The van der Waals surface area contributed by atoms with Crippen LogP contribution < -0.4 is 20.0 Å². The Morgan fingerprint density at radius 1 is 1.33 bits per heavy atom. The Morgan fingerprint density at radius 3 is 2.74 bits per heavy atom. The standard InChI is InChI=1S/C16H13Br2N3O6/c1-26-14-6-10(17)5-12(18)16(14)27-8-15(23)20-19-7-9-4-11(21(24)25)2-3-13(9)22/h2-7,22H,8H2,1H3,(H,20,23)/p-1. The molecule has 11 heteroatoms. The van der Waals surface area contributed by atoms with Crippen molar-refractivity contribution in [3.05, 3.63) is 55.0 Å². The highest BCUT2D eigenvalue weighted by atomic mass is 79.9. The van der Waals surface area contributed by atoms with E-state index in [0.717, 1.165) is 28.9 Å². The fourth-order valence-corrected chi connectivity index (χ4v) is 3.22. The van der Waals surface area contributed by atoms with Gasteiger partial charge in [0.1, 0.15) is 0 Å². The number of hydrazone groups is 1. The van der Waals surface area contributed by atoms with E-state index in [0.29, 0.717) is 16.0 Å². The molecule has 2 rings (SSSR count). The molecule has 0 radical (unpaired) electrons. The Balaban J connectivity index is 1.99. The summed E-state index contributed by atoms with van der Waals surface area (Å²) in [5.74, 6) is -0.306. The van der Waals surface area contributed by atoms with Crippen LogP contribution in [0.1, 0.15) is 5.56 Å². The third-order valence-corrected chi connectivity index (χ3v) is 4.19. The lowest BCUT2D eigenvalue weighted by molar-refractivity contribution is -0.385. The number of rotatable bonds is 7. The number of carbonyl (C=O) groups is 1. The van der Waals surface area contributed by atoms with Gasteiger partial charge in [-0.25, -0.2) is 5.43 Å². The van der Waals surface area contributed by atoms with Gasteiger partial charge in [-0.1, -0.05) is 27.7 Å². The Bertz CT molecular complexity index is 904. The first-order valence-corrected chi connectivity index (χ1v) is 8.83. The summed E-state index contributed by atoms with van der Waals surface area (Å²) in [5.41, 5.74) is 1.90. The molecule has 0 aliphatic carbocycles. The van der Waals surface area contributed by atoms with E-state index in [-0.39, 0.29) is 17.9 Å². The van der Waals surface area contributed by atoms with Crippen molar-refractivity contribution in [2.24, 2.45) is 5.10 Å². The summed E-state index contributed by atoms with van der Waals surface area (Å²) in [6.07, 6.45) is 1.03. The second-order valence-electron chi connectivity index (χ2n) is 4.98. The Morgan fingerprint density at radius 2 is 2.07 bits per heavy atom. The molecule has 0 bridgehead atoms. The highest BCUT2D eigenvalue weighted by molar-refractivity contribution is 9.11. The molecule has 2 aromatic carbocycles. The van der Waals surface area contributed by atoms with Crippen molar-refractivity contribution in [1.82, 2.24) is 5.43 Å². The molecule has 0 aliphatic rings. The van der Waals surface area contributed by atoms with Crippen LogP contribution in [0.5, 0.6) is 17.2 Å². The number of hydrogen-bond acceptors (Lipinski definition) is 7. The van der Waals surface area contributed by atoms with E-state index in [1.165, 1.54) is 7.11 Å². The average Bonchev–Trinajstić information content (AvgIpc) is 2.61. The molecule has 0 heterocycles. The Hall–Kier alpha value is -2.66. The molecule has 0 spiro atoms. The Kier molecular flexibility index (Phi) is 7.13. The number of amides is 1. The number of benzene rings is 2. The number of methoxy groups -OCH3 is 1. The predicted molar refractivity (Wildman–Crippen MR) is 102 cm³/mol. The molecule has 0 atom stereocenters. The first-order valence-electron chi connectivity index (χ1n) is 7.25. The SMILES string of the molecule is COc1cc(Br)cc(Br)c1OCC(=O)NN=Cc1cc([N+](=O)[O-])ccc1[O-]. The number of nitro groups is 1. The molecule has 2 aromatic rings. The highest BCUT2D eigenvalue weighted by Crippen LogP contribution is 2.38. The first kappa shape index (κ1) is 20.6. The van der Waals surface area contributed by atoms with Gasteiger partial charge in [0.15, 0.2) is 18.1 Å². The van der Waals surface area contributed by atoms with Crippen LogP contribution in [0.15, 0.2) is 44.4 Å². The van der Waals surface area contributed by atoms with Gasteiger partial charge in [-0.05, 0) is 33.6 Å². The van der Waals surface area contributed by atoms with E-state index in [2.05, 4.69) is 42.4 Å². The smallest absolute Gasteiger partial charge is 0.277 e. The van der Waals surface area contributed by atoms with Crippen LogP contribution in [0.4, 0.5) is 5.69 Å². The molecule has 1 amide bonds. The fraction of sp³-hybridized carbons (Fsp3) is 0.125. The van der Waals surface area contributed by atoms with Crippen molar-refractivity contribution in [3.8, 4) is 17.2 Å². The third-order valence-electron chi connectivity index (χ3n) is 3.14. The summed E-state index contributed by atoms with van der Waals surface area (Å²) >= 11 is 6.62. The molecule has 0 fully saturated rings. The van der Waals surface area contributed by atoms with Gasteiger partial charge in [0.2, 0.25) is 0 Å². The van der Waals surface area contributed by atoms with Crippen LogP contribution in [0.25, 0.3) is 0 Å². The molecular weight excluding hydrogens is 490 g/mol. The molecule has 0 aliphatic heterocycles. The number of carbonyl (C=O) groups excluding carboxylic acids is 1. The first-order chi connectivity index (χ1) is 12.8. The van der Waals surface area contributed by atoms with Crippen molar-refractivity contribution >= 4 is 49.7 Å². The van der Waals surface area contributed by atoms with Gasteiger partial charge in [0.25, 0.3) is 11.6 Å². The average molecular weight is 502 g/mol. The zero-order chi connectivity index (χ0) is 20.0. The summed E-state index contributed by atoms with van der Waals surface area (Å²) in [6, 6.07) is 6.62. The number of ether oxygens (including phenoxy) is 2. The van der Waals surface area contributed by atoms with Gasteiger partial charge < -0.3 is 14.6 Å².